The Morgan fingerprint density at radius 2 is 1.75 bits per heavy atom. The molecule has 1 aromatic carbocycles. The number of aliphatic imine (C=N–C) groups is 1. The number of amides is 2. The first-order valence-electron chi connectivity index (χ1n) is 13.1. The molecule has 1 atom stereocenters. The molecule has 1 aromatic rings. The Bertz CT molecular complexity index is 1330. The lowest BCUT2D eigenvalue weighted by Crippen LogP contribution is -2.15. The van der Waals surface area contributed by atoms with Crippen LogP contribution in [0.1, 0.15) is 65.4 Å². The molecule has 0 aromatic heterocycles. The lowest BCUT2D eigenvalue weighted by Gasteiger charge is -2.12. The Balaban J connectivity index is 2.05. The molecule has 40 heavy (non-hydrogen) atoms. The smallest absolute Gasteiger partial charge is 0.270 e. The molecule has 1 unspecified atom stereocenters. The summed E-state index contributed by atoms with van der Waals surface area (Å²) < 4.78 is 0. The third kappa shape index (κ3) is 9.61. The van der Waals surface area contributed by atoms with Crippen molar-refractivity contribution < 1.29 is 29.4 Å². The fourth-order valence-corrected chi connectivity index (χ4v) is 4.20. The van der Waals surface area contributed by atoms with Gasteiger partial charge in [-0.1, -0.05) is 80.3 Å². The second kappa shape index (κ2) is 15.5. The van der Waals surface area contributed by atoms with E-state index < -0.39 is 29.1 Å². The normalized spacial score (nSPS) is 15.6. The average Bonchev–Trinajstić information content (AvgIpc) is 3.21. The number of hydrogen-bond acceptors (Lipinski definition) is 6. The summed E-state index contributed by atoms with van der Waals surface area (Å²) in [5.41, 5.74) is 1.17. The quantitative estimate of drug-likeness (QED) is 0.122. The minimum absolute atomic E-state index is 0.0341. The first-order valence-corrected chi connectivity index (χ1v) is 13.4. The molecular formula is C31H35ClN2O6. The predicted molar refractivity (Wildman–Crippen MR) is 159 cm³/mol. The lowest BCUT2D eigenvalue weighted by molar-refractivity contribution is -0.116. The van der Waals surface area contributed by atoms with E-state index in [-0.39, 0.29) is 40.6 Å². The third-order valence-electron chi connectivity index (χ3n) is 6.03. The largest absolute Gasteiger partial charge is 0.507 e. The molecule has 0 heterocycles. The van der Waals surface area contributed by atoms with Crippen molar-refractivity contribution in [2.75, 3.05) is 5.32 Å². The van der Waals surface area contributed by atoms with Crippen LogP contribution in [-0.2, 0) is 19.2 Å². The summed E-state index contributed by atoms with van der Waals surface area (Å²) in [7, 11) is 0. The van der Waals surface area contributed by atoms with Crippen molar-refractivity contribution in [3.8, 4) is 11.5 Å². The van der Waals surface area contributed by atoms with Gasteiger partial charge in [0.2, 0.25) is 0 Å². The maximum absolute atomic E-state index is 12.7. The van der Waals surface area contributed by atoms with E-state index in [1.165, 1.54) is 36.4 Å². The van der Waals surface area contributed by atoms with Gasteiger partial charge in [-0.05, 0) is 32.3 Å². The minimum Gasteiger partial charge on any atom is -0.507 e. The summed E-state index contributed by atoms with van der Waals surface area (Å²) in [6.07, 6.45) is 15.8. The molecule has 1 aliphatic carbocycles. The van der Waals surface area contributed by atoms with Gasteiger partial charge in [-0.2, -0.15) is 0 Å². The summed E-state index contributed by atoms with van der Waals surface area (Å²) >= 11 is 6.25. The van der Waals surface area contributed by atoms with E-state index in [1.54, 1.807) is 13.0 Å². The lowest BCUT2D eigenvalue weighted by atomic mass is 10.0. The minimum atomic E-state index is -0.728. The predicted octanol–water partition coefficient (Wildman–Crippen LogP) is 6.43. The monoisotopic (exact) mass is 566 g/mol. The van der Waals surface area contributed by atoms with Gasteiger partial charge in [0.1, 0.15) is 5.75 Å². The molecule has 0 bridgehead atoms. The molecule has 3 N–H and O–H groups in total. The standard InChI is InChI=1S/C31H35ClN2O6/c1-5-6-11-19(2)16-20(3)17-21(4)31(40)33-23-18-26(37)22(28(32)30(23)39)12-9-7-8-10-13-27(38)34-29-24(35)14-15-25(29)36/h7-10,12-13,16-19,37,39H,5-6,11,14-15H2,1-4H3,(H,33,40)/b8-7+,12-9+,13-10+,20-16+,21-17+. The molecule has 1 aliphatic rings. The van der Waals surface area contributed by atoms with Crippen LogP contribution in [0.15, 0.2) is 64.7 Å². The number of nitrogens with zero attached hydrogens (tertiary/aromatic N) is 1. The molecule has 0 spiro atoms. The first kappa shape index (κ1) is 32.2. The zero-order chi connectivity index (χ0) is 29.8. The van der Waals surface area contributed by atoms with Crippen LogP contribution in [0.4, 0.5) is 5.69 Å². The van der Waals surface area contributed by atoms with Crippen LogP contribution >= 0.6 is 11.6 Å². The number of hydrogen-bond donors (Lipinski definition) is 3. The van der Waals surface area contributed by atoms with Gasteiger partial charge in [-0.15, -0.1) is 0 Å². The number of carbonyl (C=O) groups is 4. The maximum atomic E-state index is 12.7. The second-order valence-electron chi connectivity index (χ2n) is 9.58. The van der Waals surface area contributed by atoms with E-state index in [1.807, 2.05) is 6.92 Å². The number of phenolic OH excluding ortho intramolecular Hbond substituents is 2. The zero-order valence-electron chi connectivity index (χ0n) is 23.2. The Hall–Kier alpha value is -4.04. The van der Waals surface area contributed by atoms with Gasteiger partial charge in [-0.25, -0.2) is 4.99 Å². The molecule has 2 rings (SSSR count). The molecule has 8 nitrogen and oxygen atoms in total. The Kier molecular flexibility index (Phi) is 12.5. The number of allylic oxidation sites excluding steroid dienone is 7. The highest BCUT2D eigenvalue weighted by atomic mass is 35.5. The number of ketones is 2. The number of benzene rings is 1. The van der Waals surface area contributed by atoms with E-state index in [4.69, 9.17) is 11.6 Å². The van der Waals surface area contributed by atoms with Crippen LogP contribution in [0.2, 0.25) is 5.02 Å². The molecule has 2 amide bonds. The SMILES string of the molecule is CCCCC(C)/C=C(C)/C=C(\C)C(=O)Nc1cc(O)c(/C=C/C=C/C=C/C(=O)N=C2C(=O)CCC2=O)c(Cl)c1O. The number of phenols is 2. The average molecular weight is 567 g/mol. The highest BCUT2D eigenvalue weighted by Crippen LogP contribution is 2.41. The van der Waals surface area contributed by atoms with E-state index in [9.17, 15) is 29.4 Å². The molecular weight excluding hydrogens is 532 g/mol. The van der Waals surface area contributed by atoms with E-state index in [0.717, 1.165) is 30.9 Å². The Labute approximate surface area is 239 Å². The topological polar surface area (TPSA) is 133 Å². The molecule has 0 aliphatic heterocycles. The van der Waals surface area contributed by atoms with Gasteiger partial charge >= 0.3 is 0 Å². The van der Waals surface area contributed by atoms with Crippen molar-refractivity contribution in [1.29, 1.82) is 0 Å². The van der Waals surface area contributed by atoms with Crippen LogP contribution in [0.25, 0.3) is 6.08 Å². The number of Topliss-reactive ketones (excluding diaryl/α,β-unsaturated/α-hetero) is 2. The van der Waals surface area contributed by atoms with Gasteiger partial charge < -0.3 is 15.5 Å². The third-order valence-corrected chi connectivity index (χ3v) is 6.41. The van der Waals surface area contributed by atoms with Crippen LogP contribution in [0.3, 0.4) is 0 Å². The first-order chi connectivity index (χ1) is 18.9. The van der Waals surface area contributed by atoms with Crippen molar-refractivity contribution in [3.05, 3.63) is 70.3 Å². The van der Waals surface area contributed by atoms with Crippen molar-refractivity contribution in [1.82, 2.24) is 0 Å². The van der Waals surface area contributed by atoms with Crippen molar-refractivity contribution in [3.63, 3.8) is 0 Å². The Morgan fingerprint density at radius 3 is 2.40 bits per heavy atom. The number of anilines is 1. The highest BCUT2D eigenvalue weighted by Gasteiger charge is 2.28. The zero-order valence-corrected chi connectivity index (χ0v) is 23.9. The molecule has 1 fully saturated rings. The summed E-state index contributed by atoms with van der Waals surface area (Å²) in [6.45, 7) is 7.87. The van der Waals surface area contributed by atoms with Crippen LogP contribution in [0, 0.1) is 5.92 Å². The fraction of sp³-hybridized carbons (Fsp3) is 0.323. The molecule has 1 saturated carbocycles. The van der Waals surface area contributed by atoms with E-state index in [2.05, 4.69) is 30.2 Å². The summed E-state index contributed by atoms with van der Waals surface area (Å²) in [4.78, 5) is 51.1. The van der Waals surface area contributed by atoms with Crippen LogP contribution in [0.5, 0.6) is 11.5 Å². The number of rotatable bonds is 11. The number of nitrogens with one attached hydrogen (secondary N) is 1. The summed E-state index contributed by atoms with van der Waals surface area (Å²) in [6, 6.07) is 1.20. The van der Waals surface area contributed by atoms with Gasteiger partial charge in [0, 0.05) is 36.1 Å². The molecule has 0 saturated heterocycles. The van der Waals surface area contributed by atoms with Crippen LogP contribution < -0.4 is 5.32 Å². The van der Waals surface area contributed by atoms with Gasteiger partial charge in [0.25, 0.3) is 11.8 Å². The molecule has 9 heteroatoms. The number of unbranched alkanes of at least 4 members (excludes halogenated alkanes) is 1. The van der Waals surface area contributed by atoms with Crippen molar-refractivity contribution in [2.45, 2.75) is 59.8 Å². The molecule has 212 valence electrons. The van der Waals surface area contributed by atoms with Gasteiger partial charge in [-0.3, -0.25) is 19.2 Å². The van der Waals surface area contributed by atoms with Gasteiger partial charge in [0.15, 0.2) is 23.0 Å². The Morgan fingerprint density at radius 1 is 1.10 bits per heavy atom. The number of aromatic hydroxyl groups is 2. The van der Waals surface area contributed by atoms with Crippen molar-refractivity contribution in [2.24, 2.45) is 10.9 Å². The second-order valence-corrected chi connectivity index (χ2v) is 9.96. The fourth-order valence-electron chi connectivity index (χ4n) is 3.94. The molecule has 0 radical (unpaired) electrons. The van der Waals surface area contributed by atoms with Crippen LogP contribution in [-0.4, -0.2) is 39.3 Å². The highest BCUT2D eigenvalue weighted by molar-refractivity contribution is 6.70. The maximum Gasteiger partial charge on any atom is 0.270 e. The number of carbonyl (C=O) groups excluding carboxylic acids is 4. The van der Waals surface area contributed by atoms with E-state index in [0.29, 0.717) is 11.5 Å². The van der Waals surface area contributed by atoms with Crippen molar-refractivity contribution >= 4 is 52.5 Å². The van der Waals surface area contributed by atoms with Gasteiger partial charge in [0.05, 0.1) is 10.7 Å². The number of halogens is 1. The summed E-state index contributed by atoms with van der Waals surface area (Å²) in [5.74, 6) is -2.30. The summed E-state index contributed by atoms with van der Waals surface area (Å²) in [5, 5.41) is 23.4. The van der Waals surface area contributed by atoms with E-state index >= 15 is 0 Å².